The Bertz CT molecular complexity index is 335. The molecule has 0 aromatic heterocycles. The average molecular weight is 285 g/mol. The van der Waals surface area contributed by atoms with E-state index in [2.05, 4.69) is 4.90 Å². The Kier molecular flexibility index (Phi) is 5.60. The van der Waals surface area contributed by atoms with Crippen molar-refractivity contribution in [3.63, 3.8) is 0 Å². The third kappa shape index (κ3) is 4.35. The molecule has 0 aliphatic carbocycles. The van der Waals surface area contributed by atoms with Crippen molar-refractivity contribution in [3.05, 3.63) is 0 Å². The van der Waals surface area contributed by atoms with Crippen LogP contribution in [-0.4, -0.2) is 90.8 Å². The first-order chi connectivity index (χ1) is 9.66. The van der Waals surface area contributed by atoms with Gasteiger partial charge in [-0.1, -0.05) is 0 Å². The van der Waals surface area contributed by atoms with Gasteiger partial charge in [0.2, 0.25) is 0 Å². The van der Waals surface area contributed by atoms with Crippen molar-refractivity contribution in [1.82, 2.24) is 14.7 Å². The summed E-state index contributed by atoms with van der Waals surface area (Å²) in [5.41, 5.74) is 0. The van der Waals surface area contributed by atoms with E-state index in [1.165, 1.54) is 0 Å². The summed E-state index contributed by atoms with van der Waals surface area (Å²) in [4.78, 5) is 28.7. The van der Waals surface area contributed by atoms with Gasteiger partial charge in [-0.3, -0.25) is 9.69 Å². The van der Waals surface area contributed by atoms with E-state index in [0.717, 1.165) is 32.7 Å². The lowest BCUT2D eigenvalue weighted by atomic mass is 10.3. The Labute approximate surface area is 119 Å². The summed E-state index contributed by atoms with van der Waals surface area (Å²) in [5.74, 6) is -0.770. The lowest BCUT2D eigenvalue weighted by Gasteiger charge is -2.37. The quantitative estimate of drug-likeness (QED) is 0.785. The van der Waals surface area contributed by atoms with Crippen molar-refractivity contribution >= 4 is 12.0 Å². The van der Waals surface area contributed by atoms with Crippen LogP contribution in [0.5, 0.6) is 0 Å². The van der Waals surface area contributed by atoms with Crippen LogP contribution in [-0.2, 0) is 9.53 Å². The summed E-state index contributed by atoms with van der Waals surface area (Å²) in [7, 11) is 0. The number of aliphatic carboxylic acids is 1. The summed E-state index contributed by atoms with van der Waals surface area (Å²) < 4.78 is 5.36. The summed E-state index contributed by atoms with van der Waals surface area (Å²) >= 11 is 0. The highest BCUT2D eigenvalue weighted by atomic mass is 16.5. The van der Waals surface area contributed by atoms with Crippen molar-refractivity contribution in [3.8, 4) is 0 Å². The van der Waals surface area contributed by atoms with Gasteiger partial charge in [-0.25, -0.2) is 4.79 Å². The number of carboxylic acid groups (broad SMARTS) is 1. The van der Waals surface area contributed by atoms with E-state index in [-0.39, 0.29) is 12.5 Å². The molecular weight excluding hydrogens is 262 g/mol. The molecule has 0 radical (unpaired) electrons. The van der Waals surface area contributed by atoms with Crippen LogP contribution in [0.15, 0.2) is 0 Å². The topological polar surface area (TPSA) is 73.3 Å². The summed E-state index contributed by atoms with van der Waals surface area (Å²) in [5, 5.41) is 8.67. The van der Waals surface area contributed by atoms with Crippen molar-refractivity contribution < 1.29 is 19.4 Å². The maximum Gasteiger partial charge on any atom is 0.320 e. The van der Waals surface area contributed by atoms with Crippen molar-refractivity contribution in [2.75, 3.05) is 59.0 Å². The van der Waals surface area contributed by atoms with E-state index in [1.807, 2.05) is 9.80 Å². The minimum absolute atomic E-state index is 0.0911. The van der Waals surface area contributed by atoms with E-state index >= 15 is 0 Å². The Morgan fingerprint density at radius 3 is 2.35 bits per heavy atom. The molecule has 0 aromatic rings. The molecule has 1 N–H and O–H groups in total. The monoisotopic (exact) mass is 285 g/mol. The molecule has 0 aromatic carbocycles. The first-order valence-electron chi connectivity index (χ1n) is 7.22. The molecule has 2 saturated heterocycles. The summed E-state index contributed by atoms with van der Waals surface area (Å²) in [6.07, 6.45) is 1.06. The molecule has 2 aliphatic rings. The number of urea groups is 1. The highest BCUT2D eigenvalue weighted by Gasteiger charge is 2.25. The number of hydrogen-bond donors (Lipinski definition) is 1. The van der Waals surface area contributed by atoms with Crippen LogP contribution in [0.4, 0.5) is 4.79 Å². The normalized spacial score (nSPS) is 21.6. The molecule has 114 valence electrons. The van der Waals surface area contributed by atoms with E-state index in [1.54, 1.807) is 0 Å². The predicted octanol–water partition coefficient (Wildman–Crippen LogP) is -0.0790. The van der Waals surface area contributed by atoms with E-state index < -0.39 is 5.97 Å². The molecular formula is C13H23N3O4. The van der Waals surface area contributed by atoms with E-state index in [9.17, 15) is 9.59 Å². The third-order valence-electron chi connectivity index (χ3n) is 3.78. The fourth-order valence-corrected chi connectivity index (χ4v) is 2.55. The van der Waals surface area contributed by atoms with Crippen molar-refractivity contribution in [2.24, 2.45) is 0 Å². The second-order valence-electron chi connectivity index (χ2n) is 5.21. The van der Waals surface area contributed by atoms with Gasteiger partial charge in [0.1, 0.15) is 0 Å². The highest BCUT2D eigenvalue weighted by molar-refractivity contribution is 5.74. The Morgan fingerprint density at radius 2 is 1.65 bits per heavy atom. The van der Waals surface area contributed by atoms with Crippen LogP contribution in [0.1, 0.15) is 12.8 Å². The van der Waals surface area contributed by atoms with Crippen molar-refractivity contribution in [2.45, 2.75) is 12.8 Å². The Hall–Kier alpha value is -1.34. The number of nitrogens with zero attached hydrogens (tertiary/aromatic N) is 3. The van der Waals surface area contributed by atoms with Gasteiger partial charge < -0.3 is 19.6 Å². The maximum atomic E-state index is 12.4. The third-order valence-corrected chi connectivity index (χ3v) is 3.78. The molecule has 2 aliphatic heterocycles. The van der Waals surface area contributed by atoms with Crippen LogP contribution in [0.2, 0.25) is 0 Å². The van der Waals surface area contributed by atoms with Gasteiger partial charge in [-0.2, -0.15) is 0 Å². The molecule has 20 heavy (non-hydrogen) atoms. The molecule has 0 spiro atoms. The number of piperazine rings is 1. The van der Waals surface area contributed by atoms with Gasteiger partial charge in [0, 0.05) is 52.4 Å². The van der Waals surface area contributed by atoms with Crippen molar-refractivity contribution in [1.29, 1.82) is 0 Å². The minimum Gasteiger partial charge on any atom is -0.481 e. The van der Waals surface area contributed by atoms with E-state index in [4.69, 9.17) is 9.84 Å². The standard InChI is InChI=1S/C13H23N3O4/c17-12(18)2-4-14-5-7-16(8-6-14)13(19)15-3-1-10-20-11-9-15/h1-11H2,(H,17,18). The molecule has 2 fully saturated rings. The van der Waals surface area contributed by atoms with E-state index in [0.29, 0.717) is 32.8 Å². The molecule has 0 atom stereocenters. The number of amides is 2. The van der Waals surface area contributed by atoms with Gasteiger partial charge >= 0.3 is 12.0 Å². The largest absolute Gasteiger partial charge is 0.481 e. The average Bonchev–Trinajstić information content (AvgIpc) is 2.74. The van der Waals surface area contributed by atoms with Gasteiger partial charge in [-0.15, -0.1) is 0 Å². The molecule has 0 unspecified atom stereocenters. The number of rotatable bonds is 3. The van der Waals surface area contributed by atoms with Gasteiger partial charge in [0.25, 0.3) is 0 Å². The zero-order valence-corrected chi connectivity index (χ0v) is 11.8. The fourth-order valence-electron chi connectivity index (χ4n) is 2.55. The second-order valence-corrected chi connectivity index (χ2v) is 5.21. The SMILES string of the molecule is O=C(O)CCN1CCN(C(=O)N2CCCOCC2)CC1. The number of carboxylic acids is 1. The number of hydrogen-bond acceptors (Lipinski definition) is 4. The zero-order valence-electron chi connectivity index (χ0n) is 11.8. The Balaban J connectivity index is 1.74. The molecule has 2 heterocycles. The minimum atomic E-state index is -0.770. The smallest absolute Gasteiger partial charge is 0.320 e. The predicted molar refractivity (Wildman–Crippen MR) is 72.7 cm³/mol. The second kappa shape index (κ2) is 7.44. The molecule has 7 heteroatoms. The van der Waals surface area contributed by atoms with Crippen LogP contribution in [0, 0.1) is 0 Å². The highest BCUT2D eigenvalue weighted by Crippen LogP contribution is 2.08. The first kappa shape index (κ1) is 15.1. The molecule has 0 saturated carbocycles. The Morgan fingerprint density at radius 1 is 0.950 bits per heavy atom. The molecule has 0 bridgehead atoms. The maximum absolute atomic E-state index is 12.4. The fraction of sp³-hybridized carbons (Fsp3) is 0.846. The molecule has 2 amide bonds. The van der Waals surface area contributed by atoms with Crippen LogP contribution < -0.4 is 0 Å². The lowest BCUT2D eigenvalue weighted by Crippen LogP contribution is -2.53. The summed E-state index contributed by atoms with van der Waals surface area (Å²) in [6, 6.07) is 0.0911. The van der Waals surface area contributed by atoms with Gasteiger partial charge in [-0.05, 0) is 6.42 Å². The van der Waals surface area contributed by atoms with Crippen LogP contribution in [0.3, 0.4) is 0 Å². The first-order valence-corrected chi connectivity index (χ1v) is 7.22. The zero-order chi connectivity index (χ0) is 14.4. The van der Waals surface area contributed by atoms with Crippen LogP contribution in [0.25, 0.3) is 0 Å². The number of carbonyl (C=O) groups is 2. The number of carbonyl (C=O) groups excluding carboxylic acids is 1. The number of ether oxygens (including phenoxy) is 1. The van der Waals surface area contributed by atoms with Gasteiger partial charge in [0.15, 0.2) is 0 Å². The molecule has 2 rings (SSSR count). The molecule has 7 nitrogen and oxygen atoms in total. The van der Waals surface area contributed by atoms with Gasteiger partial charge in [0.05, 0.1) is 13.0 Å². The van der Waals surface area contributed by atoms with Crippen LogP contribution >= 0.6 is 0 Å². The lowest BCUT2D eigenvalue weighted by molar-refractivity contribution is -0.137. The summed E-state index contributed by atoms with van der Waals surface area (Å²) in [6.45, 7) is 6.19.